The Kier molecular flexibility index (Phi) is 6.08. The number of nitrogens with zero attached hydrogens (tertiary/aromatic N) is 3. The Balaban J connectivity index is 1.67. The van der Waals surface area contributed by atoms with Crippen LogP contribution in [0.2, 0.25) is 0 Å². The molecule has 0 fully saturated rings. The van der Waals surface area contributed by atoms with Crippen LogP contribution < -0.4 is 4.90 Å². The third-order valence-electron chi connectivity index (χ3n) is 5.65. The van der Waals surface area contributed by atoms with Crippen LogP contribution in [0.15, 0.2) is 121 Å². The van der Waals surface area contributed by atoms with E-state index in [1.807, 2.05) is 121 Å². The average molecular weight is 450 g/mol. The van der Waals surface area contributed by atoms with Crippen LogP contribution in [0.3, 0.4) is 0 Å². The Bertz CT molecular complexity index is 1180. The van der Waals surface area contributed by atoms with Crippen molar-refractivity contribution < 1.29 is 8.78 Å². The average Bonchev–Trinajstić information content (AvgIpc) is 2.91. The smallest absolute Gasteiger partial charge is 0.205 e. The maximum absolute atomic E-state index is 15.8. The van der Waals surface area contributed by atoms with Crippen molar-refractivity contribution in [3.8, 4) is 0 Å². The molecule has 4 aromatic carbocycles. The molecule has 1 aromatic heterocycles. The van der Waals surface area contributed by atoms with Gasteiger partial charge in [0.1, 0.15) is 5.69 Å². The van der Waals surface area contributed by atoms with E-state index >= 15 is 8.78 Å². The normalized spacial score (nSPS) is 10.9. The van der Waals surface area contributed by atoms with Gasteiger partial charge in [0.2, 0.25) is 5.82 Å². The van der Waals surface area contributed by atoms with Crippen molar-refractivity contribution in [2.45, 2.75) is 5.92 Å². The molecular formula is C29H21F2N3. The molecule has 0 aliphatic rings. The first kappa shape index (κ1) is 21.5. The number of aromatic nitrogens is 2. The monoisotopic (exact) mass is 449 g/mol. The Labute approximate surface area is 197 Å². The topological polar surface area (TPSA) is 29.0 Å². The van der Waals surface area contributed by atoms with E-state index in [0.717, 1.165) is 11.1 Å². The Morgan fingerprint density at radius 3 is 1.35 bits per heavy atom. The van der Waals surface area contributed by atoms with Gasteiger partial charge in [0.25, 0.3) is 0 Å². The van der Waals surface area contributed by atoms with Gasteiger partial charge in [-0.15, -0.1) is 10.2 Å². The lowest BCUT2D eigenvalue weighted by Gasteiger charge is -2.25. The summed E-state index contributed by atoms with van der Waals surface area (Å²) in [6, 6.07) is 37.1. The van der Waals surface area contributed by atoms with Gasteiger partial charge in [-0.2, -0.15) is 4.39 Å². The number of hydrogen-bond donors (Lipinski definition) is 0. The lowest BCUT2D eigenvalue weighted by molar-refractivity contribution is 0.481. The Morgan fingerprint density at radius 1 is 0.500 bits per heavy atom. The maximum Gasteiger partial charge on any atom is 0.205 e. The van der Waals surface area contributed by atoms with E-state index in [1.165, 1.54) is 0 Å². The zero-order valence-corrected chi connectivity index (χ0v) is 18.2. The molecule has 0 aliphatic heterocycles. The van der Waals surface area contributed by atoms with Crippen LogP contribution in [0.4, 0.5) is 26.0 Å². The second-order valence-electron chi connectivity index (χ2n) is 7.80. The number of para-hydroxylation sites is 2. The molecule has 0 saturated heterocycles. The van der Waals surface area contributed by atoms with Crippen LogP contribution in [0, 0.1) is 11.6 Å². The molecule has 34 heavy (non-hydrogen) atoms. The van der Waals surface area contributed by atoms with Crippen LogP contribution in [-0.2, 0) is 0 Å². The Hall–Kier alpha value is -4.38. The molecule has 0 radical (unpaired) electrons. The van der Waals surface area contributed by atoms with Gasteiger partial charge in [0.15, 0.2) is 11.6 Å². The van der Waals surface area contributed by atoms with Crippen molar-refractivity contribution in [1.82, 2.24) is 10.2 Å². The largest absolute Gasteiger partial charge is 0.291 e. The van der Waals surface area contributed by atoms with E-state index < -0.39 is 17.6 Å². The number of halogens is 2. The summed E-state index contributed by atoms with van der Waals surface area (Å²) in [7, 11) is 0. The minimum Gasteiger partial charge on any atom is -0.291 e. The lowest BCUT2D eigenvalue weighted by Crippen LogP contribution is -2.18. The highest BCUT2D eigenvalue weighted by Gasteiger charge is 2.29. The molecule has 0 spiro atoms. The third-order valence-corrected chi connectivity index (χ3v) is 5.65. The summed E-state index contributed by atoms with van der Waals surface area (Å²) in [5.74, 6) is -2.85. The highest BCUT2D eigenvalue weighted by molar-refractivity contribution is 5.74. The number of rotatable bonds is 6. The maximum atomic E-state index is 15.8. The number of anilines is 3. The fraction of sp³-hybridized carbons (Fsp3) is 0.0345. The minimum absolute atomic E-state index is 0.0558. The van der Waals surface area contributed by atoms with Crippen molar-refractivity contribution in [3.05, 3.63) is 150 Å². The molecule has 5 aromatic rings. The second kappa shape index (κ2) is 9.63. The van der Waals surface area contributed by atoms with Crippen LogP contribution in [-0.4, -0.2) is 10.2 Å². The van der Waals surface area contributed by atoms with Gasteiger partial charge in [0.05, 0.1) is 5.92 Å². The van der Waals surface area contributed by atoms with Crippen LogP contribution in [0.25, 0.3) is 0 Å². The molecule has 0 saturated carbocycles. The first-order valence-corrected chi connectivity index (χ1v) is 11.0. The van der Waals surface area contributed by atoms with Gasteiger partial charge < -0.3 is 0 Å². The summed E-state index contributed by atoms with van der Waals surface area (Å²) < 4.78 is 31.5. The molecule has 166 valence electrons. The van der Waals surface area contributed by atoms with Crippen molar-refractivity contribution in [2.75, 3.05) is 4.90 Å². The molecule has 0 bridgehead atoms. The SMILES string of the molecule is Fc1c(C(c2ccccc2)c2ccccc2)nnc(N(c2ccccc2)c2ccccc2)c1F. The fourth-order valence-electron chi connectivity index (χ4n) is 4.07. The number of hydrogen-bond acceptors (Lipinski definition) is 3. The quantitative estimate of drug-likeness (QED) is 0.270. The lowest BCUT2D eigenvalue weighted by atomic mass is 9.88. The first-order chi connectivity index (χ1) is 16.7. The second-order valence-corrected chi connectivity index (χ2v) is 7.80. The van der Waals surface area contributed by atoms with E-state index in [1.54, 1.807) is 4.90 Å². The van der Waals surface area contributed by atoms with E-state index in [0.29, 0.717) is 11.4 Å². The molecular weight excluding hydrogens is 428 g/mol. The molecule has 0 amide bonds. The van der Waals surface area contributed by atoms with E-state index in [9.17, 15) is 0 Å². The molecule has 0 aliphatic carbocycles. The molecule has 5 rings (SSSR count). The Morgan fingerprint density at radius 2 is 0.912 bits per heavy atom. The molecule has 1 heterocycles. The highest BCUT2D eigenvalue weighted by Crippen LogP contribution is 2.38. The van der Waals surface area contributed by atoms with Crippen molar-refractivity contribution in [3.63, 3.8) is 0 Å². The van der Waals surface area contributed by atoms with Gasteiger partial charge in [-0.1, -0.05) is 97.1 Å². The summed E-state index contributed by atoms with van der Waals surface area (Å²) >= 11 is 0. The summed E-state index contributed by atoms with van der Waals surface area (Å²) in [5.41, 5.74) is 2.85. The molecule has 0 N–H and O–H groups in total. The molecule has 3 nitrogen and oxygen atoms in total. The van der Waals surface area contributed by atoms with E-state index in [4.69, 9.17) is 0 Å². The van der Waals surface area contributed by atoms with Crippen LogP contribution in [0.1, 0.15) is 22.7 Å². The standard InChI is InChI=1S/C29H21F2N3/c30-26-27(31)29(34(23-17-9-3-10-18-23)24-19-11-4-12-20-24)33-32-28(26)25(21-13-5-1-6-14-21)22-15-7-2-8-16-22/h1-20,25H. The zero-order chi connectivity index (χ0) is 23.3. The first-order valence-electron chi connectivity index (χ1n) is 11.0. The summed E-state index contributed by atoms with van der Waals surface area (Å²) in [6.45, 7) is 0. The van der Waals surface area contributed by atoms with Crippen LogP contribution in [0.5, 0.6) is 0 Å². The van der Waals surface area contributed by atoms with Crippen molar-refractivity contribution >= 4 is 17.2 Å². The van der Waals surface area contributed by atoms with Gasteiger partial charge in [-0.3, -0.25) is 4.90 Å². The van der Waals surface area contributed by atoms with Gasteiger partial charge in [-0.25, -0.2) is 4.39 Å². The summed E-state index contributed by atoms with van der Waals surface area (Å²) in [4.78, 5) is 1.56. The summed E-state index contributed by atoms with van der Waals surface area (Å²) in [6.07, 6.45) is 0. The van der Waals surface area contributed by atoms with Gasteiger partial charge in [-0.05, 0) is 35.4 Å². The number of benzene rings is 4. The minimum atomic E-state index is -1.05. The van der Waals surface area contributed by atoms with E-state index in [2.05, 4.69) is 10.2 Å². The predicted octanol–water partition coefficient (Wildman–Crippen LogP) is 7.40. The molecule has 0 unspecified atom stereocenters. The molecule has 5 heteroatoms. The van der Waals surface area contributed by atoms with Crippen molar-refractivity contribution in [1.29, 1.82) is 0 Å². The summed E-state index contributed by atoms with van der Waals surface area (Å²) in [5, 5.41) is 8.48. The van der Waals surface area contributed by atoms with Crippen molar-refractivity contribution in [2.24, 2.45) is 0 Å². The third kappa shape index (κ3) is 4.16. The van der Waals surface area contributed by atoms with Gasteiger partial charge in [0, 0.05) is 11.4 Å². The predicted molar refractivity (Wildman–Crippen MR) is 130 cm³/mol. The van der Waals surface area contributed by atoms with Gasteiger partial charge >= 0.3 is 0 Å². The van der Waals surface area contributed by atoms with E-state index in [-0.39, 0.29) is 11.5 Å². The van der Waals surface area contributed by atoms with Crippen LogP contribution >= 0.6 is 0 Å². The molecule has 0 atom stereocenters. The highest BCUT2D eigenvalue weighted by atomic mass is 19.2. The zero-order valence-electron chi connectivity index (χ0n) is 18.2. The fourth-order valence-corrected chi connectivity index (χ4v) is 4.07.